The summed E-state index contributed by atoms with van der Waals surface area (Å²) in [5, 5.41) is 0. The number of primary amides is 2. The van der Waals surface area contributed by atoms with Crippen LogP contribution in [0, 0.1) is 11.8 Å². The number of nitrogens with zero attached hydrogens (tertiary/aromatic N) is 2. The van der Waals surface area contributed by atoms with Crippen LogP contribution in [0.4, 0.5) is 0 Å². The normalized spacial score (nSPS) is 33.0. The molecule has 0 aromatic rings. The standard InChI is InChI=1S/C14H24N4O3/c1-8-9(5-13(16)20)6-18-11(8)7-17(2)10(14(18)21)3-4-12(15)19/h8-11H,3-7H2,1-2H3,(H2,15,19)(H2,16,20). The summed E-state index contributed by atoms with van der Waals surface area (Å²) >= 11 is 0. The monoisotopic (exact) mass is 296 g/mol. The molecule has 0 bridgehead atoms. The second-order valence-corrected chi connectivity index (χ2v) is 6.31. The van der Waals surface area contributed by atoms with Crippen LogP contribution in [0.2, 0.25) is 0 Å². The van der Waals surface area contributed by atoms with Crippen LogP contribution in [-0.2, 0) is 14.4 Å². The lowest BCUT2D eigenvalue weighted by Gasteiger charge is -2.42. The molecular formula is C14H24N4O3. The molecule has 2 aliphatic rings. The van der Waals surface area contributed by atoms with Gasteiger partial charge in [-0.2, -0.15) is 0 Å². The zero-order chi connectivity index (χ0) is 15.7. The van der Waals surface area contributed by atoms with Crippen molar-refractivity contribution in [3.63, 3.8) is 0 Å². The first kappa shape index (κ1) is 15.8. The molecule has 3 amide bonds. The number of piperazine rings is 1. The van der Waals surface area contributed by atoms with Crippen molar-refractivity contribution in [1.82, 2.24) is 9.80 Å². The van der Waals surface area contributed by atoms with Gasteiger partial charge in [0.05, 0.1) is 6.04 Å². The van der Waals surface area contributed by atoms with E-state index < -0.39 is 0 Å². The Morgan fingerprint density at radius 3 is 2.48 bits per heavy atom. The van der Waals surface area contributed by atoms with Crippen LogP contribution in [0.1, 0.15) is 26.2 Å². The lowest BCUT2D eigenvalue weighted by Crippen LogP contribution is -2.59. The van der Waals surface area contributed by atoms with Crippen LogP contribution in [0.15, 0.2) is 0 Å². The van der Waals surface area contributed by atoms with E-state index >= 15 is 0 Å². The third kappa shape index (κ3) is 3.18. The molecule has 0 saturated carbocycles. The van der Waals surface area contributed by atoms with Crippen molar-refractivity contribution in [3.8, 4) is 0 Å². The van der Waals surface area contributed by atoms with E-state index in [1.54, 1.807) is 0 Å². The second-order valence-electron chi connectivity index (χ2n) is 6.31. The van der Waals surface area contributed by atoms with Crippen LogP contribution >= 0.6 is 0 Å². The molecular weight excluding hydrogens is 272 g/mol. The number of hydrogen-bond donors (Lipinski definition) is 2. The van der Waals surface area contributed by atoms with Crippen LogP contribution in [-0.4, -0.2) is 59.7 Å². The van der Waals surface area contributed by atoms with Crippen molar-refractivity contribution in [2.45, 2.75) is 38.3 Å². The van der Waals surface area contributed by atoms with Gasteiger partial charge in [0.15, 0.2) is 0 Å². The van der Waals surface area contributed by atoms with Gasteiger partial charge < -0.3 is 16.4 Å². The molecule has 2 saturated heterocycles. The SMILES string of the molecule is CC1C(CC(N)=O)CN2C(=O)C(CCC(N)=O)N(C)CC12. The summed E-state index contributed by atoms with van der Waals surface area (Å²) in [6, 6.07) is -0.176. The fraction of sp³-hybridized carbons (Fsp3) is 0.786. The molecule has 0 aromatic carbocycles. The number of carbonyl (C=O) groups excluding carboxylic acids is 3. The Kier molecular flexibility index (Phi) is 4.51. The lowest BCUT2D eigenvalue weighted by molar-refractivity contribution is -0.144. The van der Waals surface area contributed by atoms with E-state index in [0.29, 0.717) is 19.4 Å². The molecule has 0 spiro atoms. The van der Waals surface area contributed by atoms with Gasteiger partial charge in [-0.25, -0.2) is 0 Å². The lowest BCUT2D eigenvalue weighted by atomic mass is 9.88. The van der Waals surface area contributed by atoms with Crippen molar-refractivity contribution < 1.29 is 14.4 Å². The highest BCUT2D eigenvalue weighted by molar-refractivity contribution is 5.84. The van der Waals surface area contributed by atoms with Gasteiger partial charge in [0.1, 0.15) is 0 Å². The fourth-order valence-electron chi connectivity index (χ4n) is 3.60. The van der Waals surface area contributed by atoms with Crippen molar-refractivity contribution in [1.29, 1.82) is 0 Å². The number of likely N-dealkylation sites (N-methyl/N-ethyl adjacent to an activating group) is 1. The molecule has 0 aliphatic carbocycles. The summed E-state index contributed by atoms with van der Waals surface area (Å²) in [6.07, 6.45) is 0.972. The molecule has 2 rings (SSSR count). The highest BCUT2D eigenvalue weighted by Crippen LogP contribution is 2.36. The van der Waals surface area contributed by atoms with Gasteiger partial charge in [-0.05, 0) is 25.3 Å². The molecule has 118 valence electrons. The smallest absolute Gasteiger partial charge is 0.240 e. The summed E-state index contributed by atoms with van der Waals surface area (Å²) < 4.78 is 0. The van der Waals surface area contributed by atoms with Gasteiger partial charge in [-0.3, -0.25) is 19.3 Å². The predicted molar refractivity (Wildman–Crippen MR) is 76.8 cm³/mol. The molecule has 4 unspecified atom stereocenters. The van der Waals surface area contributed by atoms with Crippen LogP contribution < -0.4 is 11.5 Å². The number of amides is 3. The Bertz CT molecular complexity index is 454. The number of nitrogens with two attached hydrogens (primary N) is 2. The Hall–Kier alpha value is -1.63. The minimum Gasteiger partial charge on any atom is -0.370 e. The Balaban J connectivity index is 2.08. The Labute approximate surface area is 124 Å². The van der Waals surface area contributed by atoms with Gasteiger partial charge in [0.2, 0.25) is 17.7 Å². The van der Waals surface area contributed by atoms with E-state index in [1.807, 2.05) is 16.8 Å². The molecule has 21 heavy (non-hydrogen) atoms. The van der Waals surface area contributed by atoms with Crippen molar-refractivity contribution in [3.05, 3.63) is 0 Å². The van der Waals surface area contributed by atoms with Gasteiger partial charge in [0.25, 0.3) is 0 Å². The van der Waals surface area contributed by atoms with E-state index in [1.165, 1.54) is 0 Å². The third-order valence-corrected chi connectivity index (χ3v) is 4.88. The maximum absolute atomic E-state index is 12.6. The molecule has 7 nitrogen and oxygen atoms in total. The van der Waals surface area contributed by atoms with Gasteiger partial charge in [-0.15, -0.1) is 0 Å². The molecule has 2 fully saturated rings. The summed E-state index contributed by atoms with van der Waals surface area (Å²) in [5.41, 5.74) is 10.5. The maximum atomic E-state index is 12.6. The average Bonchev–Trinajstić information content (AvgIpc) is 2.66. The summed E-state index contributed by atoms with van der Waals surface area (Å²) in [7, 11) is 1.90. The van der Waals surface area contributed by atoms with E-state index in [-0.39, 0.29) is 48.1 Å². The summed E-state index contributed by atoms with van der Waals surface area (Å²) in [6.45, 7) is 3.41. The molecule has 0 radical (unpaired) electrons. The van der Waals surface area contributed by atoms with Gasteiger partial charge in [-0.1, -0.05) is 6.92 Å². The van der Waals surface area contributed by atoms with Gasteiger partial charge >= 0.3 is 0 Å². The third-order valence-electron chi connectivity index (χ3n) is 4.88. The Morgan fingerprint density at radius 2 is 1.90 bits per heavy atom. The van der Waals surface area contributed by atoms with Crippen molar-refractivity contribution in [2.75, 3.05) is 20.1 Å². The van der Waals surface area contributed by atoms with E-state index in [9.17, 15) is 14.4 Å². The highest BCUT2D eigenvalue weighted by Gasteiger charge is 2.48. The Morgan fingerprint density at radius 1 is 1.24 bits per heavy atom. The zero-order valence-corrected chi connectivity index (χ0v) is 12.6. The zero-order valence-electron chi connectivity index (χ0n) is 12.6. The quantitative estimate of drug-likeness (QED) is 0.671. The number of rotatable bonds is 5. The fourth-order valence-corrected chi connectivity index (χ4v) is 3.60. The predicted octanol–water partition coefficient (Wildman–Crippen LogP) is -1.10. The number of hydrogen-bond acceptors (Lipinski definition) is 4. The second kappa shape index (κ2) is 6.01. The molecule has 0 aromatic heterocycles. The summed E-state index contributed by atoms with van der Waals surface area (Å²) in [4.78, 5) is 38.6. The molecule has 7 heteroatoms. The van der Waals surface area contributed by atoms with Crippen LogP contribution in [0.3, 0.4) is 0 Å². The van der Waals surface area contributed by atoms with Crippen molar-refractivity contribution >= 4 is 17.7 Å². The average molecular weight is 296 g/mol. The number of carbonyl (C=O) groups is 3. The van der Waals surface area contributed by atoms with Gasteiger partial charge in [0, 0.05) is 32.0 Å². The first-order valence-electron chi connectivity index (χ1n) is 7.38. The van der Waals surface area contributed by atoms with Crippen molar-refractivity contribution in [2.24, 2.45) is 23.3 Å². The van der Waals surface area contributed by atoms with E-state index in [0.717, 1.165) is 6.54 Å². The molecule has 4 N–H and O–H groups in total. The number of fused-ring (bicyclic) bond motifs is 1. The van der Waals surface area contributed by atoms with Crippen LogP contribution in [0.25, 0.3) is 0 Å². The molecule has 2 aliphatic heterocycles. The molecule has 4 atom stereocenters. The topological polar surface area (TPSA) is 110 Å². The molecule has 2 heterocycles. The maximum Gasteiger partial charge on any atom is 0.240 e. The highest BCUT2D eigenvalue weighted by atomic mass is 16.2. The minimum atomic E-state index is -0.389. The van der Waals surface area contributed by atoms with E-state index in [4.69, 9.17) is 11.5 Å². The first-order chi connectivity index (χ1) is 9.81. The summed E-state index contributed by atoms with van der Waals surface area (Å²) in [5.74, 6) is -0.299. The van der Waals surface area contributed by atoms with Crippen LogP contribution in [0.5, 0.6) is 0 Å². The van der Waals surface area contributed by atoms with E-state index in [2.05, 4.69) is 6.92 Å². The first-order valence-corrected chi connectivity index (χ1v) is 7.38. The minimum absolute atomic E-state index is 0.0359. The largest absolute Gasteiger partial charge is 0.370 e.